The summed E-state index contributed by atoms with van der Waals surface area (Å²) in [6.07, 6.45) is 5.56. The molecule has 0 unspecified atom stereocenters. The minimum absolute atomic E-state index is 0.249. The molecule has 3 N–H and O–H groups in total. The summed E-state index contributed by atoms with van der Waals surface area (Å²) < 4.78 is 0. The second-order valence-corrected chi connectivity index (χ2v) is 4.00. The van der Waals surface area contributed by atoms with Crippen LogP contribution in [-0.4, -0.2) is 26.0 Å². The van der Waals surface area contributed by atoms with E-state index in [1.807, 2.05) is 0 Å². The Balaban J connectivity index is 2.05. The maximum absolute atomic E-state index is 10.4. The molecule has 0 radical (unpaired) electrons. The molecule has 7 nitrogen and oxygen atoms in total. The highest BCUT2D eigenvalue weighted by atomic mass is 16.6. The summed E-state index contributed by atoms with van der Waals surface area (Å²) in [6, 6.07) is 0.264. The average Bonchev–Trinajstić information content (AvgIpc) is 2.62. The molecule has 0 bridgehead atoms. The number of aromatic hydroxyl groups is 1. The van der Waals surface area contributed by atoms with Crippen LogP contribution in [0.25, 0.3) is 0 Å². The van der Waals surface area contributed by atoms with E-state index in [1.165, 1.54) is 6.42 Å². The van der Waals surface area contributed by atoms with E-state index in [9.17, 15) is 15.2 Å². The van der Waals surface area contributed by atoms with Gasteiger partial charge in [-0.05, 0) is 22.7 Å². The Morgan fingerprint density at radius 3 is 2.69 bits per heavy atom. The number of hydrogen-bond donors (Lipinski definition) is 3. The monoisotopic (exact) mass is 226 g/mol. The predicted molar refractivity (Wildman–Crippen MR) is 57.4 cm³/mol. The topological polar surface area (TPSA) is 104 Å². The molecule has 1 aromatic heterocycles. The molecule has 0 amide bonds. The van der Waals surface area contributed by atoms with Crippen LogP contribution in [0.4, 0.5) is 11.8 Å². The molecule has 1 heterocycles. The summed E-state index contributed by atoms with van der Waals surface area (Å²) in [4.78, 5) is 15.6. The highest BCUT2D eigenvalue weighted by Gasteiger charge is 2.22. The summed E-state index contributed by atoms with van der Waals surface area (Å²) in [5.74, 6) is -0.522. The number of aromatic nitrogens is 2. The van der Waals surface area contributed by atoms with Gasteiger partial charge in [0, 0.05) is 6.04 Å². The largest absolute Gasteiger partial charge is 0.478 e. The normalized spacial score (nSPS) is 17.2. The molecular weight excluding hydrogens is 212 g/mol. The Morgan fingerprint density at radius 1 is 1.44 bits per heavy atom. The average molecular weight is 226 g/mol. The van der Waals surface area contributed by atoms with Crippen molar-refractivity contribution in [1.29, 1.82) is 0 Å². The first kappa shape index (κ1) is 10.7. The van der Waals surface area contributed by atoms with Gasteiger partial charge in [-0.2, -0.15) is 0 Å². The fourth-order valence-corrected chi connectivity index (χ4v) is 1.99. The molecule has 0 aliphatic heterocycles. The highest BCUT2D eigenvalue weighted by molar-refractivity contribution is 5.49. The van der Waals surface area contributed by atoms with Crippen molar-refractivity contribution in [1.82, 2.24) is 9.97 Å². The van der Waals surface area contributed by atoms with Gasteiger partial charge in [0.25, 0.3) is 0 Å². The Hall–Kier alpha value is -1.79. The van der Waals surface area contributed by atoms with Crippen molar-refractivity contribution in [3.63, 3.8) is 0 Å². The molecule has 1 aliphatic rings. The van der Waals surface area contributed by atoms with Gasteiger partial charge in [-0.1, -0.05) is 19.3 Å². The lowest BCUT2D eigenvalue weighted by atomic mass is 9.96. The standard InChI is InChI=1S/C9H14N4O3/c14-8-7(11-9(12-8)13(15)16)10-6-4-2-1-3-5-6/h6,10,14H,1-5H2,(H,11,12). The van der Waals surface area contributed by atoms with Gasteiger partial charge in [0.15, 0.2) is 0 Å². The van der Waals surface area contributed by atoms with Crippen LogP contribution in [0.15, 0.2) is 0 Å². The molecule has 88 valence electrons. The Bertz CT molecular complexity index is 384. The van der Waals surface area contributed by atoms with E-state index in [4.69, 9.17) is 0 Å². The Morgan fingerprint density at radius 2 is 2.12 bits per heavy atom. The first-order chi connectivity index (χ1) is 7.66. The maximum atomic E-state index is 10.4. The molecule has 7 heteroatoms. The number of H-pyrrole nitrogens is 1. The molecule has 0 saturated heterocycles. The van der Waals surface area contributed by atoms with Crippen LogP contribution in [-0.2, 0) is 0 Å². The molecule has 2 rings (SSSR count). The summed E-state index contributed by atoms with van der Waals surface area (Å²) in [7, 11) is 0. The maximum Gasteiger partial charge on any atom is 0.437 e. The molecule has 16 heavy (non-hydrogen) atoms. The Labute approximate surface area is 92.0 Å². The van der Waals surface area contributed by atoms with Crippen LogP contribution in [0.1, 0.15) is 32.1 Å². The van der Waals surface area contributed by atoms with Crippen LogP contribution >= 0.6 is 0 Å². The first-order valence-corrected chi connectivity index (χ1v) is 5.36. The van der Waals surface area contributed by atoms with Crippen molar-refractivity contribution in [2.24, 2.45) is 0 Å². The molecular formula is C9H14N4O3. The van der Waals surface area contributed by atoms with Gasteiger partial charge in [0.2, 0.25) is 5.82 Å². The van der Waals surface area contributed by atoms with Crippen molar-refractivity contribution >= 4 is 11.8 Å². The zero-order valence-corrected chi connectivity index (χ0v) is 8.77. The first-order valence-electron chi connectivity index (χ1n) is 5.36. The number of nitrogens with zero attached hydrogens (tertiary/aromatic N) is 2. The number of anilines is 1. The summed E-state index contributed by atoms with van der Waals surface area (Å²) in [5, 5.41) is 22.9. The number of rotatable bonds is 3. The minimum atomic E-state index is -0.661. The number of aromatic amines is 1. The summed E-state index contributed by atoms with van der Waals surface area (Å²) in [6.45, 7) is 0. The fourth-order valence-electron chi connectivity index (χ4n) is 1.99. The van der Waals surface area contributed by atoms with Crippen molar-refractivity contribution < 1.29 is 10.0 Å². The molecule has 1 fully saturated rings. The van der Waals surface area contributed by atoms with Crippen LogP contribution in [0, 0.1) is 10.1 Å². The molecule has 1 saturated carbocycles. The van der Waals surface area contributed by atoms with E-state index in [0.717, 1.165) is 25.7 Å². The highest BCUT2D eigenvalue weighted by Crippen LogP contribution is 2.27. The smallest absolute Gasteiger partial charge is 0.437 e. The van der Waals surface area contributed by atoms with Gasteiger partial charge in [0.05, 0.1) is 0 Å². The van der Waals surface area contributed by atoms with E-state index in [1.54, 1.807) is 0 Å². The van der Waals surface area contributed by atoms with Crippen LogP contribution in [0.5, 0.6) is 5.88 Å². The van der Waals surface area contributed by atoms with Crippen molar-refractivity contribution in [2.45, 2.75) is 38.1 Å². The van der Waals surface area contributed by atoms with Crippen molar-refractivity contribution in [3.05, 3.63) is 10.1 Å². The van der Waals surface area contributed by atoms with Crippen molar-refractivity contribution in [2.75, 3.05) is 5.32 Å². The number of nitrogens with one attached hydrogen (secondary N) is 2. The molecule has 1 aromatic rings. The van der Waals surface area contributed by atoms with Gasteiger partial charge in [-0.3, -0.25) is 0 Å². The summed E-state index contributed by atoms with van der Waals surface area (Å²) >= 11 is 0. The molecule has 0 spiro atoms. The third-order valence-electron chi connectivity index (χ3n) is 2.80. The SMILES string of the molecule is O=[N+]([O-])c1nc(O)c(NC2CCCCC2)[nH]1. The number of imidazole rings is 1. The quantitative estimate of drug-likeness (QED) is 0.538. The van der Waals surface area contributed by atoms with Gasteiger partial charge in [-0.25, -0.2) is 4.98 Å². The third-order valence-corrected chi connectivity index (χ3v) is 2.80. The van der Waals surface area contributed by atoms with E-state index >= 15 is 0 Å². The molecule has 0 aromatic carbocycles. The lowest BCUT2D eigenvalue weighted by Crippen LogP contribution is -2.22. The fraction of sp³-hybridized carbons (Fsp3) is 0.667. The van der Waals surface area contributed by atoms with Crippen LogP contribution in [0.3, 0.4) is 0 Å². The lowest BCUT2D eigenvalue weighted by Gasteiger charge is -2.21. The van der Waals surface area contributed by atoms with Gasteiger partial charge in [0.1, 0.15) is 0 Å². The molecule has 0 atom stereocenters. The molecule has 1 aliphatic carbocycles. The van der Waals surface area contributed by atoms with Gasteiger partial charge < -0.3 is 20.5 Å². The second-order valence-electron chi connectivity index (χ2n) is 4.00. The number of hydrogen-bond acceptors (Lipinski definition) is 5. The zero-order valence-electron chi connectivity index (χ0n) is 8.77. The predicted octanol–water partition coefficient (Wildman–Crippen LogP) is 1.77. The van der Waals surface area contributed by atoms with Crippen LogP contribution < -0.4 is 5.32 Å². The lowest BCUT2D eigenvalue weighted by molar-refractivity contribution is -0.393. The second kappa shape index (κ2) is 4.38. The van der Waals surface area contributed by atoms with Crippen molar-refractivity contribution in [3.8, 4) is 5.88 Å². The minimum Gasteiger partial charge on any atom is -0.478 e. The zero-order chi connectivity index (χ0) is 11.5. The van der Waals surface area contributed by atoms with E-state index in [-0.39, 0.29) is 17.7 Å². The van der Waals surface area contributed by atoms with Crippen LogP contribution in [0.2, 0.25) is 0 Å². The third kappa shape index (κ3) is 2.23. The van der Waals surface area contributed by atoms with E-state index in [2.05, 4.69) is 15.3 Å². The Kier molecular flexibility index (Phi) is 2.93. The van der Waals surface area contributed by atoms with E-state index < -0.39 is 10.9 Å². The van der Waals surface area contributed by atoms with E-state index in [0.29, 0.717) is 0 Å². The van der Waals surface area contributed by atoms with Gasteiger partial charge >= 0.3 is 11.8 Å². The number of nitro groups is 1. The summed E-state index contributed by atoms with van der Waals surface area (Å²) in [5.41, 5.74) is 0. The van der Waals surface area contributed by atoms with Gasteiger partial charge in [-0.15, -0.1) is 0 Å².